The van der Waals surface area contributed by atoms with E-state index in [0.717, 1.165) is 29.8 Å². The van der Waals surface area contributed by atoms with Gasteiger partial charge in [-0.3, -0.25) is 4.79 Å². The lowest BCUT2D eigenvalue weighted by Gasteiger charge is -2.21. The Morgan fingerprint density at radius 1 is 1.19 bits per heavy atom. The molecule has 118 valence electrons. The van der Waals surface area contributed by atoms with Gasteiger partial charge < -0.3 is 16.0 Å². The van der Waals surface area contributed by atoms with E-state index in [-0.39, 0.29) is 5.91 Å². The number of amides is 1. The zero-order chi connectivity index (χ0) is 15.8. The monoisotopic (exact) mass is 291 g/mol. The van der Waals surface area contributed by atoms with Crippen LogP contribution in [0, 0.1) is 12.8 Å². The Labute approximate surface area is 128 Å². The molecule has 0 heterocycles. The molecule has 0 saturated heterocycles. The number of carbonyl (C=O) groups is 1. The van der Waals surface area contributed by atoms with E-state index in [0.29, 0.717) is 18.5 Å². The van der Waals surface area contributed by atoms with Crippen LogP contribution in [0.25, 0.3) is 0 Å². The van der Waals surface area contributed by atoms with Crippen LogP contribution in [0.3, 0.4) is 0 Å². The van der Waals surface area contributed by atoms with E-state index in [1.807, 2.05) is 32.2 Å². The third-order valence-corrected chi connectivity index (χ3v) is 3.85. The fraction of sp³-hybridized carbons (Fsp3) is 0.588. The Morgan fingerprint density at radius 2 is 1.90 bits per heavy atom. The van der Waals surface area contributed by atoms with Crippen molar-refractivity contribution in [2.75, 3.05) is 25.5 Å². The molecule has 21 heavy (non-hydrogen) atoms. The smallest absolute Gasteiger partial charge is 0.251 e. The fourth-order valence-electron chi connectivity index (χ4n) is 2.01. The van der Waals surface area contributed by atoms with E-state index in [2.05, 4.69) is 36.7 Å². The van der Waals surface area contributed by atoms with Gasteiger partial charge in [-0.05, 0) is 57.5 Å². The van der Waals surface area contributed by atoms with Crippen LogP contribution in [0.5, 0.6) is 0 Å². The highest BCUT2D eigenvalue weighted by Gasteiger charge is 2.13. The molecule has 0 aliphatic rings. The standard InChI is InChI=1S/C17H29N3O/c1-12(2)14(4)20-16-9-6-8-15(13(16)3)17(21)19-11-7-10-18-5/h6,8-9,12,14,18,20H,7,10-11H2,1-5H3,(H,19,21). The third-order valence-electron chi connectivity index (χ3n) is 3.85. The summed E-state index contributed by atoms with van der Waals surface area (Å²) in [6.45, 7) is 10.1. The summed E-state index contributed by atoms with van der Waals surface area (Å²) in [4.78, 5) is 12.2. The second kappa shape index (κ2) is 8.67. The SMILES string of the molecule is CNCCCNC(=O)c1cccc(NC(C)C(C)C)c1C. The molecule has 1 rings (SSSR count). The first-order valence-electron chi connectivity index (χ1n) is 7.76. The van der Waals surface area contributed by atoms with Crippen molar-refractivity contribution in [2.24, 2.45) is 5.92 Å². The first-order valence-corrected chi connectivity index (χ1v) is 7.76. The van der Waals surface area contributed by atoms with Gasteiger partial charge in [-0.1, -0.05) is 19.9 Å². The number of hydrogen-bond acceptors (Lipinski definition) is 3. The highest BCUT2D eigenvalue weighted by molar-refractivity contribution is 5.97. The van der Waals surface area contributed by atoms with E-state index in [1.54, 1.807) is 0 Å². The Balaban J connectivity index is 2.73. The van der Waals surface area contributed by atoms with Gasteiger partial charge >= 0.3 is 0 Å². The van der Waals surface area contributed by atoms with Crippen molar-refractivity contribution < 1.29 is 4.79 Å². The lowest BCUT2D eigenvalue weighted by Crippen LogP contribution is -2.28. The van der Waals surface area contributed by atoms with Gasteiger partial charge in [0, 0.05) is 23.8 Å². The van der Waals surface area contributed by atoms with Crippen LogP contribution >= 0.6 is 0 Å². The van der Waals surface area contributed by atoms with Crippen LogP contribution in [0.4, 0.5) is 5.69 Å². The summed E-state index contributed by atoms with van der Waals surface area (Å²) < 4.78 is 0. The average Bonchev–Trinajstić information content (AvgIpc) is 2.45. The molecule has 1 aromatic carbocycles. The van der Waals surface area contributed by atoms with Crippen LogP contribution in [-0.4, -0.2) is 32.1 Å². The maximum absolute atomic E-state index is 12.2. The lowest BCUT2D eigenvalue weighted by atomic mass is 10.0. The van der Waals surface area contributed by atoms with Gasteiger partial charge in [0.25, 0.3) is 5.91 Å². The molecular formula is C17H29N3O. The molecule has 1 aromatic rings. The summed E-state index contributed by atoms with van der Waals surface area (Å²) in [6, 6.07) is 6.22. The summed E-state index contributed by atoms with van der Waals surface area (Å²) in [5.74, 6) is 0.549. The summed E-state index contributed by atoms with van der Waals surface area (Å²) in [5.41, 5.74) is 2.80. The molecule has 0 aromatic heterocycles. The average molecular weight is 291 g/mol. The minimum atomic E-state index is 0.00412. The van der Waals surface area contributed by atoms with Gasteiger partial charge in [-0.2, -0.15) is 0 Å². The molecule has 1 atom stereocenters. The van der Waals surface area contributed by atoms with Gasteiger partial charge in [0.1, 0.15) is 0 Å². The first-order chi connectivity index (χ1) is 9.97. The number of benzene rings is 1. The van der Waals surface area contributed by atoms with E-state index >= 15 is 0 Å². The van der Waals surface area contributed by atoms with Gasteiger partial charge in [-0.15, -0.1) is 0 Å². The minimum absolute atomic E-state index is 0.00412. The fourth-order valence-corrected chi connectivity index (χ4v) is 2.01. The largest absolute Gasteiger partial charge is 0.382 e. The minimum Gasteiger partial charge on any atom is -0.382 e. The van der Waals surface area contributed by atoms with Gasteiger partial charge in [0.05, 0.1) is 0 Å². The first kappa shape index (κ1) is 17.5. The Bertz CT molecular complexity index is 457. The Hall–Kier alpha value is -1.55. The summed E-state index contributed by atoms with van der Waals surface area (Å²) >= 11 is 0. The topological polar surface area (TPSA) is 53.2 Å². The molecule has 1 unspecified atom stereocenters. The van der Waals surface area contributed by atoms with E-state index in [4.69, 9.17) is 0 Å². The molecular weight excluding hydrogens is 262 g/mol. The summed E-state index contributed by atoms with van der Waals surface area (Å²) in [6.07, 6.45) is 0.934. The molecule has 1 amide bonds. The predicted molar refractivity (Wildman–Crippen MR) is 90.0 cm³/mol. The van der Waals surface area contributed by atoms with E-state index in [1.165, 1.54) is 0 Å². The predicted octanol–water partition coefficient (Wildman–Crippen LogP) is 2.79. The lowest BCUT2D eigenvalue weighted by molar-refractivity contribution is 0.0952. The van der Waals surface area contributed by atoms with Crippen molar-refractivity contribution in [1.82, 2.24) is 10.6 Å². The summed E-state index contributed by atoms with van der Waals surface area (Å²) in [5, 5.41) is 9.53. The van der Waals surface area contributed by atoms with Crippen LogP contribution in [0.1, 0.15) is 43.1 Å². The molecule has 0 aliphatic heterocycles. The molecule has 0 bridgehead atoms. The highest BCUT2D eigenvalue weighted by atomic mass is 16.1. The molecule has 0 radical (unpaired) electrons. The van der Waals surface area contributed by atoms with Gasteiger partial charge in [0.2, 0.25) is 0 Å². The zero-order valence-electron chi connectivity index (χ0n) is 13.9. The van der Waals surface area contributed by atoms with Crippen LogP contribution in [0.2, 0.25) is 0 Å². The maximum Gasteiger partial charge on any atom is 0.251 e. The summed E-state index contributed by atoms with van der Waals surface area (Å²) in [7, 11) is 1.91. The van der Waals surface area contributed by atoms with Crippen molar-refractivity contribution in [3.05, 3.63) is 29.3 Å². The van der Waals surface area contributed by atoms with Crippen molar-refractivity contribution in [1.29, 1.82) is 0 Å². The van der Waals surface area contributed by atoms with Crippen molar-refractivity contribution in [3.8, 4) is 0 Å². The molecule has 0 saturated carbocycles. The second-order valence-corrected chi connectivity index (χ2v) is 5.87. The maximum atomic E-state index is 12.2. The van der Waals surface area contributed by atoms with E-state index in [9.17, 15) is 4.79 Å². The Morgan fingerprint density at radius 3 is 2.52 bits per heavy atom. The number of hydrogen-bond donors (Lipinski definition) is 3. The van der Waals surface area contributed by atoms with Gasteiger partial charge in [0.15, 0.2) is 0 Å². The second-order valence-electron chi connectivity index (χ2n) is 5.87. The molecule has 0 fully saturated rings. The molecule has 0 aliphatic carbocycles. The number of nitrogens with one attached hydrogen (secondary N) is 3. The quantitative estimate of drug-likeness (QED) is 0.646. The molecule has 0 spiro atoms. The highest BCUT2D eigenvalue weighted by Crippen LogP contribution is 2.21. The van der Waals surface area contributed by atoms with Gasteiger partial charge in [-0.25, -0.2) is 0 Å². The van der Waals surface area contributed by atoms with Crippen molar-refractivity contribution in [3.63, 3.8) is 0 Å². The number of rotatable bonds is 8. The molecule has 4 nitrogen and oxygen atoms in total. The number of anilines is 1. The number of carbonyl (C=O) groups excluding carboxylic acids is 1. The van der Waals surface area contributed by atoms with E-state index < -0.39 is 0 Å². The zero-order valence-corrected chi connectivity index (χ0v) is 13.9. The van der Waals surface area contributed by atoms with Crippen LogP contribution in [0.15, 0.2) is 18.2 Å². The molecule has 3 N–H and O–H groups in total. The normalized spacial score (nSPS) is 12.3. The van der Waals surface area contributed by atoms with Crippen molar-refractivity contribution >= 4 is 11.6 Å². The van der Waals surface area contributed by atoms with Crippen molar-refractivity contribution in [2.45, 2.75) is 40.2 Å². The molecule has 4 heteroatoms. The van der Waals surface area contributed by atoms with Crippen LogP contribution < -0.4 is 16.0 Å². The van der Waals surface area contributed by atoms with Crippen LogP contribution in [-0.2, 0) is 0 Å². The third kappa shape index (κ3) is 5.38. The Kier molecular flexibility index (Phi) is 7.23.